The Morgan fingerprint density at radius 3 is 2.76 bits per heavy atom. The van der Waals surface area contributed by atoms with Gasteiger partial charge in [0, 0.05) is 13.1 Å². The highest BCUT2D eigenvalue weighted by atomic mass is 16.5. The number of likely N-dealkylation sites (tertiary alicyclic amines) is 1. The quantitative estimate of drug-likeness (QED) is 0.810. The molecule has 4 heteroatoms. The average molecular weight is 242 g/mol. The highest BCUT2D eigenvalue weighted by Crippen LogP contribution is 2.19. The van der Waals surface area contributed by atoms with Gasteiger partial charge >= 0.3 is 0 Å². The summed E-state index contributed by atoms with van der Waals surface area (Å²) < 4.78 is 5.52. The Kier molecular flexibility index (Phi) is 5.40. The van der Waals surface area contributed by atoms with Crippen molar-refractivity contribution >= 4 is 5.91 Å². The Morgan fingerprint density at radius 2 is 2.18 bits per heavy atom. The van der Waals surface area contributed by atoms with Crippen LogP contribution in [0.4, 0.5) is 0 Å². The fraction of sp³-hybridized carbons (Fsp3) is 0.923. The van der Waals surface area contributed by atoms with Crippen molar-refractivity contribution in [2.75, 3.05) is 26.2 Å². The standard InChI is InChI=1S/C13H26N2O2/c1-13(2,3)17-10-12(16)15-8-4-5-11(9-15)6-7-14/h11H,4-10,14H2,1-3H3. The molecule has 1 saturated heterocycles. The zero-order chi connectivity index (χ0) is 12.9. The molecule has 1 rings (SSSR count). The van der Waals surface area contributed by atoms with Crippen molar-refractivity contribution in [3.05, 3.63) is 0 Å². The van der Waals surface area contributed by atoms with E-state index in [1.54, 1.807) is 0 Å². The number of nitrogens with two attached hydrogens (primary N) is 1. The molecule has 4 nitrogen and oxygen atoms in total. The molecule has 1 unspecified atom stereocenters. The first-order valence-electron chi connectivity index (χ1n) is 6.54. The molecule has 0 bridgehead atoms. The van der Waals surface area contributed by atoms with E-state index in [-0.39, 0.29) is 18.1 Å². The molecule has 1 fully saturated rings. The van der Waals surface area contributed by atoms with E-state index in [0.717, 1.165) is 25.9 Å². The normalized spacial score (nSPS) is 21.6. The minimum Gasteiger partial charge on any atom is -0.366 e. The molecular weight excluding hydrogens is 216 g/mol. The maximum Gasteiger partial charge on any atom is 0.248 e. The Bertz CT molecular complexity index is 246. The molecule has 0 radical (unpaired) electrons. The molecule has 1 aliphatic heterocycles. The molecule has 100 valence electrons. The van der Waals surface area contributed by atoms with E-state index in [4.69, 9.17) is 10.5 Å². The van der Waals surface area contributed by atoms with Crippen LogP contribution in [0.25, 0.3) is 0 Å². The van der Waals surface area contributed by atoms with Gasteiger partial charge in [0.25, 0.3) is 0 Å². The molecule has 0 aromatic carbocycles. The van der Waals surface area contributed by atoms with Crippen molar-refractivity contribution in [2.24, 2.45) is 11.7 Å². The van der Waals surface area contributed by atoms with E-state index in [9.17, 15) is 4.79 Å². The number of hydrogen-bond acceptors (Lipinski definition) is 3. The van der Waals surface area contributed by atoms with E-state index in [1.807, 2.05) is 25.7 Å². The second-order valence-corrected chi connectivity index (χ2v) is 5.83. The highest BCUT2D eigenvalue weighted by Gasteiger charge is 2.24. The van der Waals surface area contributed by atoms with E-state index in [1.165, 1.54) is 6.42 Å². The molecule has 1 amide bonds. The molecule has 1 aliphatic rings. The molecule has 0 aromatic heterocycles. The van der Waals surface area contributed by atoms with E-state index < -0.39 is 0 Å². The van der Waals surface area contributed by atoms with Crippen molar-refractivity contribution in [3.63, 3.8) is 0 Å². The van der Waals surface area contributed by atoms with Gasteiger partial charge in [0.05, 0.1) is 5.60 Å². The van der Waals surface area contributed by atoms with Gasteiger partial charge in [-0.3, -0.25) is 4.79 Å². The number of nitrogens with zero attached hydrogens (tertiary/aromatic N) is 1. The van der Waals surface area contributed by atoms with Gasteiger partial charge in [0.2, 0.25) is 5.91 Å². The first-order chi connectivity index (χ1) is 7.92. The number of carbonyl (C=O) groups is 1. The van der Waals surface area contributed by atoms with Gasteiger partial charge in [0.1, 0.15) is 6.61 Å². The fourth-order valence-corrected chi connectivity index (χ4v) is 2.13. The minimum atomic E-state index is -0.248. The second kappa shape index (κ2) is 6.36. The number of carbonyl (C=O) groups excluding carboxylic acids is 1. The summed E-state index contributed by atoms with van der Waals surface area (Å²) in [5.74, 6) is 0.689. The number of amides is 1. The number of piperidine rings is 1. The van der Waals surface area contributed by atoms with Crippen molar-refractivity contribution in [3.8, 4) is 0 Å². The third-order valence-electron chi connectivity index (χ3n) is 3.08. The monoisotopic (exact) mass is 242 g/mol. The summed E-state index contributed by atoms with van der Waals surface area (Å²) in [5, 5.41) is 0. The smallest absolute Gasteiger partial charge is 0.248 e. The first kappa shape index (κ1) is 14.5. The molecule has 0 aliphatic carbocycles. The maximum atomic E-state index is 12.0. The zero-order valence-corrected chi connectivity index (χ0v) is 11.4. The van der Waals surface area contributed by atoms with Crippen molar-refractivity contribution in [1.29, 1.82) is 0 Å². The van der Waals surface area contributed by atoms with Gasteiger partial charge in [-0.15, -0.1) is 0 Å². The van der Waals surface area contributed by atoms with Crippen LogP contribution in [-0.2, 0) is 9.53 Å². The highest BCUT2D eigenvalue weighted by molar-refractivity contribution is 5.77. The van der Waals surface area contributed by atoms with Gasteiger partial charge in [-0.1, -0.05) is 0 Å². The summed E-state index contributed by atoms with van der Waals surface area (Å²) in [7, 11) is 0. The molecule has 0 aromatic rings. The predicted molar refractivity (Wildman–Crippen MR) is 68.7 cm³/mol. The predicted octanol–water partition coefficient (Wildman–Crippen LogP) is 1.39. The van der Waals surface area contributed by atoms with Crippen LogP contribution in [0, 0.1) is 5.92 Å². The molecule has 0 saturated carbocycles. The van der Waals surface area contributed by atoms with Crippen LogP contribution in [0.1, 0.15) is 40.0 Å². The lowest BCUT2D eigenvalue weighted by Crippen LogP contribution is -2.43. The zero-order valence-electron chi connectivity index (χ0n) is 11.4. The van der Waals surface area contributed by atoms with Gasteiger partial charge in [-0.2, -0.15) is 0 Å². The Hall–Kier alpha value is -0.610. The van der Waals surface area contributed by atoms with Gasteiger partial charge < -0.3 is 15.4 Å². The third-order valence-corrected chi connectivity index (χ3v) is 3.08. The summed E-state index contributed by atoms with van der Waals surface area (Å²) in [6.45, 7) is 8.52. The van der Waals surface area contributed by atoms with Crippen LogP contribution >= 0.6 is 0 Å². The molecule has 0 spiro atoms. The summed E-state index contributed by atoms with van der Waals surface area (Å²) in [6, 6.07) is 0. The first-order valence-corrected chi connectivity index (χ1v) is 6.54. The Balaban J connectivity index is 2.36. The van der Waals surface area contributed by atoms with Crippen LogP contribution in [0.3, 0.4) is 0 Å². The van der Waals surface area contributed by atoms with E-state index in [0.29, 0.717) is 12.5 Å². The molecule has 2 N–H and O–H groups in total. The minimum absolute atomic E-state index is 0.113. The molecule has 1 atom stereocenters. The van der Waals surface area contributed by atoms with Crippen LogP contribution in [-0.4, -0.2) is 42.6 Å². The fourth-order valence-electron chi connectivity index (χ4n) is 2.13. The van der Waals surface area contributed by atoms with Gasteiger partial charge in [-0.05, 0) is 52.5 Å². The largest absolute Gasteiger partial charge is 0.366 e. The number of ether oxygens (including phenoxy) is 1. The van der Waals surface area contributed by atoms with Crippen molar-refractivity contribution < 1.29 is 9.53 Å². The van der Waals surface area contributed by atoms with Crippen LogP contribution in [0.15, 0.2) is 0 Å². The maximum absolute atomic E-state index is 12.0. The van der Waals surface area contributed by atoms with Crippen molar-refractivity contribution in [1.82, 2.24) is 4.90 Å². The van der Waals surface area contributed by atoms with Crippen molar-refractivity contribution in [2.45, 2.75) is 45.6 Å². The number of rotatable bonds is 4. The van der Waals surface area contributed by atoms with Gasteiger partial charge in [-0.25, -0.2) is 0 Å². The summed E-state index contributed by atoms with van der Waals surface area (Å²) in [5.41, 5.74) is 5.32. The summed E-state index contributed by atoms with van der Waals surface area (Å²) in [6.07, 6.45) is 3.30. The second-order valence-electron chi connectivity index (χ2n) is 5.83. The summed E-state index contributed by atoms with van der Waals surface area (Å²) in [4.78, 5) is 13.9. The van der Waals surface area contributed by atoms with Crippen LogP contribution in [0.2, 0.25) is 0 Å². The van der Waals surface area contributed by atoms with Gasteiger partial charge in [0.15, 0.2) is 0 Å². The topological polar surface area (TPSA) is 55.6 Å². The molecule has 1 heterocycles. The SMILES string of the molecule is CC(C)(C)OCC(=O)N1CCCC(CCN)C1. The van der Waals surface area contributed by atoms with E-state index in [2.05, 4.69) is 0 Å². The lowest BCUT2D eigenvalue weighted by Gasteiger charge is -2.33. The summed E-state index contributed by atoms with van der Waals surface area (Å²) >= 11 is 0. The number of hydrogen-bond donors (Lipinski definition) is 1. The van der Waals surface area contributed by atoms with Crippen LogP contribution < -0.4 is 5.73 Å². The van der Waals surface area contributed by atoms with Crippen LogP contribution in [0.5, 0.6) is 0 Å². The molecule has 17 heavy (non-hydrogen) atoms. The average Bonchev–Trinajstić information content (AvgIpc) is 2.26. The Labute approximate surface area is 104 Å². The third kappa shape index (κ3) is 5.50. The lowest BCUT2D eigenvalue weighted by molar-refractivity contribution is -0.142. The Morgan fingerprint density at radius 1 is 1.47 bits per heavy atom. The lowest BCUT2D eigenvalue weighted by atomic mass is 9.95. The van der Waals surface area contributed by atoms with E-state index >= 15 is 0 Å². The molecular formula is C13H26N2O2.